The van der Waals surface area contributed by atoms with Gasteiger partial charge in [0.15, 0.2) is 5.13 Å². The zero-order chi connectivity index (χ0) is 20.6. The fourth-order valence-electron chi connectivity index (χ4n) is 3.19. The summed E-state index contributed by atoms with van der Waals surface area (Å²) in [6.45, 7) is 0. The van der Waals surface area contributed by atoms with Gasteiger partial charge < -0.3 is 5.32 Å². The third-order valence-corrected chi connectivity index (χ3v) is 6.01. The van der Waals surface area contributed by atoms with Gasteiger partial charge in [-0.2, -0.15) is 0 Å². The van der Waals surface area contributed by atoms with Crippen LogP contribution in [0.2, 0.25) is 0 Å². The van der Waals surface area contributed by atoms with E-state index in [0.717, 1.165) is 11.8 Å². The van der Waals surface area contributed by atoms with Crippen LogP contribution in [0.25, 0.3) is 11.3 Å². The maximum atomic E-state index is 13.9. The Kier molecular flexibility index (Phi) is 5.10. The van der Waals surface area contributed by atoms with E-state index in [0.29, 0.717) is 28.5 Å². The number of amides is 1. The summed E-state index contributed by atoms with van der Waals surface area (Å²) >= 11 is 1.30. The first-order chi connectivity index (χ1) is 13.8. The highest BCUT2D eigenvalue weighted by Gasteiger charge is 2.45. The number of halogens is 1. The van der Waals surface area contributed by atoms with Crippen LogP contribution >= 0.6 is 11.3 Å². The van der Waals surface area contributed by atoms with Crippen LogP contribution in [0.5, 0.6) is 0 Å². The van der Waals surface area contributed by atoms with Crippen molar-refractivity contribution in [3.63, 3.8) is 0 Å². The molecule has 4 rings (SSSR count). The lowest BCUT2D eigenvalue weighted by Gasteiger charge is -2.04. The molecule has 6 nitrogen and oxygen atoms in total. The molecule has 2 N–H and O–H groups in total. The van der Waals surface area contributed by atoms with Crippen molar-refractivity contribution in [1.29, 1.82) is 0 Å². The smallest absolute Gasteiger partial charge is 0.229 e. The van der Waals surface area contributed by atoms with Gasteiger partial charge in [0.2, 0.25) is 15.9 Å². The lowest BCUT2D eigenvalue weighted by Crippen LogP contribution is -2.14. The highest BCUT2D eigenvalue weighted by molar-refractivity contribution is 7.92. The summed E-state index contributed by atoms with van der Waals surface area (Å²) in [6, 6.07) is 13.3. The van der Waals surface area contributed by atoms with Gasteiger partial charge in [-0.3, -0.25) is 9.52 Å². The number of hydrogen-bond acceptors (Lipinski definition) is 5. The van der Waals surface area contributed by atoms with Crippen molar-refractivity contribution in [3.05, 3.63) is 65.3 Å². The number of hydrogen-bond donors (Lipinski definition) is 2. The second kappa shape index (κ2) is 7.57. The number of carbonyl (C=O) groups excluding carboxylic acids is 1. The van der Waals surface area contributed by atoms with E-state index in [1.807, 2.05) is 5.38 Å². The van der Waals surface area contributed by atoms with E-state index < -0.39 is 10.0 Å². The molecule has 0 spiro atoms. The van der Waals surface area contributed by atoms with E-state index in [1.54, 1.807) is 42.5 Å². The average Bonchev–Trinajstić information content (AvgIpc) is 3.33. The van der Waals surface area contributed by atoms with Crippen molar-refractivity contribution in [2.75, 3.05) is 16.3 Å². The molecule has 9 heteroatoms. The largest absolute Gasteiger partial charge is 0.302 e. The van der Waals surface area contributed by atoms with Crippen molar-refractivity contribution in [2.24, 2.45) is 5.92 Å². The number of thiazole rings is 1. The van der Waals surface area contributed by atoms with Gasteiger partial charge in [0.25, 0.3) is 0 Å². The number of nitrogens with zero attached hydrogens (tertiary/aromatic N) is 1. The van der Waals surface area contributed by atoms with Gasteiger partial charge in [0.1, 0.15) is 5.82 Å². The van der Waals surface area contributed by atoms with Crippen LogP contribution in [0.4, 0.5) is 15.2 Å². The highest BCUT2D eigenvalue weighted by atomic mass is 32.2. The van der Waals surface area contributed by atoms with Gasteiger partial charge in [-0.25, -0.2) is 17.8 Å². The van der Waals surface area contributed by atoms with Crippen LogP contribution in [0.3, 0.4) is 0 Å². The van der Waals surface area contributed by atoms with Crippen LogP contribution in [-0.4, -0.2) is 25.6 Å². The predicted octanol–water partition coefficient (Wildman–Crippen LogP) is 4.06. The fraction of sp³-hybridized carbons (Fsp3) is 0.200. The summed E-state index contributed by atoms with van der Waals surface area (Å²) in [4.78, 5) is 16.9. The first-order valence-corrected chi connectivity index (χ1v) is 11.7. The Hall–Kier alpha value is -2.78. The molecule has 1 aromatic heterocycles. The van der Waals surface area contributed by atoms with E-state index in [-0.39, 0.29) is 23.6 Å². The third-order valence-electron chi connectivity index (χ3n) is 4.65. The number of carbonyl (C=O) groups is 1. The van der Waals surface area contributed by atoms with Gasteiger partial charge in [-0.15, -0.1) is 11.3 Å². The van der Waals surface area contributed by atoms with Gasteiger partial charge in [-0.1, -0.05) is 30.3 Å². The molecule has 2 unspecified atom stereocenters. The molecule has 3 aromatic rings. The lowest BCUT2D eigenvalue weighted by molar-refractivity contribution is -0.117. The average molecular weight is 432 g/mol. The number of aromatic nitrogens is 1. The Morgan fingerprint density at radius 3 is 2.59 bits per heavy atom. The molecular weight excluding hydrogens is 413 g/mol. The summed E-state index contributed by atoms with van der Waals surface area (Å²) in [5.41, 5.74) is 2.53. The molecule has 0 saturated heterocycles. The summed E-state index contributed by atoms with van der Waals surface area (Å²) < 4.78 is 38.8. The maximum Gasteiger partial charge on any atom is 0.229 e. The standard InChI is InChI=1S/C20H18FN3O3S2/c1-29(26,27)24-13-8-6-12(7-9-13)18-11-28-20(22-18)23-19(25)16-10-15(16)14-4-2-3-5-17(14)21/h2-9,11,15-16,24H,10H2,1H3,(H,22,23,25). The molecule has 1 amide bonds. The number of benzene rings is 2. The molecule has 2 aromatic carbocycles. The fourth-order valence-corrected chi connectivity index (χ4v) is 4.48. The molecule has 1 aliphatic rings. The minimum absolute atomic E-state index is 0.0921. The quantitative estimate of drug-likeness (QED) is 0.616. The summed E-state index contributed by atoms with van der Waals surface area (Å²) in [5, 5.41) is 5.10. The van der Waals surface area contributed by atoms with Crippen molar-refractivity contribution in [3.8, 4) is 11.3 Å². The molecule has 29 heavy (non-hydrogen) atoms. The van der Waals surface area contributed by atoms with Crippen molar-refractivity contribution < 1.29 is 17.6 Å². The summed E-state index contributed by atoms with van der Waals surface area (Å²) in [5.74, 6) is -0.781. The molecular formula is C20H18FN3O3S2. The minimum Gasteiger partial charge on any atom is -0.302 e. The van der Waals surface area contributed by atoms with Crippen LogP contribution in [0.15, 0.2) is 53.9 Å². The zero-order valence-electron chi connectivity index (χ0n) is 15.4. The third kappa shape index (κ3) is 4.63. The Morgan fingerprint density at radius 2 is 1.90 bits per heavy atom. The molecule has 0 aliphatic heterocycles. The van der Waals surface area contributed by atoms with Gasteiger partial charge in [0.05, 0.1) is 11.9 Å². The van der Waals surface area contributed by atoms with Gasteiger partial charge >= 0.3 is 0 Å². The first kappa shape index (κ1) is 19.5. The van der Waals surface area contributed by atoms with E-state index in [9.17, 15) is 17.6 Å². The Labute approximate surface area is 171 Å². The normalized spacial score (nSPS) is 18.3. The Morgan fingerprint density at radius 1 is 1.17 bits per heavy atom. The van der Waals surface area contributed by atoms with E-state index in [4.69, 9.17) is 0 Å². The van der Waals surface area contributed by atoms with Crippen LogP contribution < -0.4 is 10.0 Å². The van der Waals surface area contributed by atoms with E-state index in [2.05, 4.69) is 15.0 Å². The maximum absolute atomic E-state index is 13.9. The number of sulfonamides is 1. The van der Waals surface area contributed by atoms with Crippen LogP contribution in [0.1, 0.15) is 17.9 Å². The highest BCUT2D eigenvalue weighted by Crippen LogP contribution is 2.48. The zero-order valence-corrected chi connectivity index (χ0v) is 17.1. The van der Waals surface area contributed by atoms with Crippen LogP contribution in [0, 0.1) is 11.7 Å². The van der Waals surface area contributed by atoms with E-state index in [1.165, 1.54) is 17.4 Å². The second-order valence-electron chi connectivity index (χ2n) is 6.95. The lowest BCUT2D eigenvalue weighted by atomic mass is 10.1. The van der Waals surface area contributed by atoms with E-state index >= 15 is 0 Å². The van der Waals surface area contributed by atoms with Crippen LogP contribution in [-0.2, 0) is 14.8 Å². The molecule has 150 valence electrons. The number of nitrogens with one attached hydrogen (secondary N) is 2. The molecule has 0 bridgehead atoms. The molecule has 1 saturated carbocycles. The minimum atomic E-state index is -3.33. The summed E-state index contributed by atoms with van der Waals surface area (Å²) in [6.07, 6.45) is 1.71. The summed E-state index contributed by atoms with van der Waals surface area (Å²) in [7, 11) is -3.33. The Balaban J connectivity index is 1.40. The molecule has 1 fully saturated rings. The molecule has 2 atom stereocenters. The SMILES string of the molecule is CS(=O)(=O)Nc1ccc(-c2csc(NC(=O)C3CC3c3ccccc3F)n2)cc1. The molecule has 0 radical (unpaired) electrons. The Bertz CT molecular complexity index is 1160. The monoisotopic (exact) mass is 431 g/mol. The van der Waals surface area contributed by atoms with Gasteiger partial charge in [0, 0.05) is 22.5 Å². The van der Waals surface area contributed by atoms with Crippen molar-refractivity contribution >= 4 is 38.1 Å². The topological polar surface area (TPSA) is 88.2 Å². The first-order valence-electron chi connectivity index (χ1n) is 8.89. The second-order valence-corrected chi connectivity index (χ2v) is 9.56. The van der Waals surface area contributed by atoms with Gasteiger partial charge in [-0.05, 0) is 36.1 Å². The number of rotatable bonds is 6. The predicted molar refractivity (Wildman–Crippen MR) is 112 cm³/mol. The molecule has 1 aliphatic carbocycles. The van der Waals surface area contributed by atoms with Crippen molar-refractivity contribution in [1.82, 2.24) is 4.98 Å². The van der Waals surface area contributed by atoms with Crippen molar-refractivity contribution in [2.45, 2.75) is 12.3 Å². The molecule has 1 heterocycles. The number of anilines is 2.